The lowest BCUT2D eigenvalue weighted by atomic mass is 9.64. The van der Waals surface area contributed by atoms with E-state index in [0.717, 1.165) is 29.0 Å². The Hall–Kier alpha value is -2.37. The highest BCUT2D eigenvalue weighted by Crippen LogP contribution is 2.46. The van der Waals surface area contributed by atoms with E-state index in [1.165, 1.54) is 0 Å². The maximum atomic E-state index is 13.2. The first kappa shape index (κ1) is 18.0. The van der Waals surface area contributed by atoms with Crippen LogP contribution in [0.4, 0.5) is 10.5 Å². The van der Waals surface area contributed by atoms with E-state index in [0.29, 0.717) is 25.3 Å². The highest BCUT2D eigenvalue weighted by Gasteiger charge is 2.56. The number of benzene rings is 1. The van der Waals surface area contributed by atoms with Crippen LogP contribution in [0.15, 0.2) is 24.3 Å². The minimum atomic E-state index is -0.860. The van der Waals surface area contributed by atoms with Gasteiger partial charge in [0.1, 0.15) is 12.1 Å². The number of rotatable bonds is 2. The molecule has 1 saturated carbocycles. The molecule has 1 aliphatic carbocycles. The fraction of sp³-hybridized carbons (Fsp3) is 0.571. The van der Waals surface area contributed by atoms with Crippen LogP contribution in [0.1, 0.15) is 45.6 Å². The van der Waals surface area contributed by atoms with Crippen LogP contribution in [0.25, 0.3) is 0 Å². The molecule has 0 radical (unpaired) electrons. The highest BCUT2D eigenvalue weighted by atomic mass is 16.2. The molecule has 6 heteroatoms. The average Bonchev–Trinajstić information content (AvgIpc) is 3.08. The Morgan fingerprint density at radius 2 is 1.96 bits per heavy atom. The Labute approximate surface area is 159 Å². The number of fused-ring (bicyclic) bond motifs is 1. The summed E-state index contributed by atoms with van der Waals surface area (Å²) in [5.41, 5.74) is 1.13. The molecule has 1 saturated heterocycles. The Balaban J connectivity index is 1.53. The third-order valence-corrected chi connectivity index (χ3v) is 6.11. The number of carbonyl (C=O) groups excluding carboxylic acids is 3. The fourth-order valence-corrected chi connectivity index (χ4v) is 5.47. The van der Waals surface area contributed by atoms with Crippen LogP contribution in [0.2, 0.25) is 0 Å². The molecule has 6 nitrogen and oxygen atoms in total. The van der Waals surface area contributed by atoms with E-state index in [2.05, 4.69) is 26.1 Å². The zero-order valence-corrected chi connectivity index (χ0v) is 16.2. The van der Waals surface area contributed by atoms with Crippen molar-refractivity contribution in [1.29, 1.82) is 0 Å². The van der Waals surface area contributed by atoms with E-state index in [9.17, 15) is 14.4 Å². The van der Waals surface area contributed by atoms with Crippen LogP contribution < -0.4 is 10.2 Å². The molecule has 0 bridgehead atoms. The Morgan fingerprint density at radius 1 is 1.22 bits per heavy atom. The molecule has 4 rings (SSSR count). The second kappa shape index (κ2) is 6.08. The summed E-state index contributed by atoms with van der Waals surface area (Å²) >= 11 is 0. The van der Waals surface area contributed by atoms with Crippen LogP contribution in [0.3, 0.4) is 0 Å². The monoisotopic (exact) mass is 369 g/mol. The second-order valence-corrected chi connectivity index (χ2v) is 9.18. The second-order valence-electron chi connectivity index (χ2n) is 9.18. The van der Waals surface area contributed by atoms with Crippen LogP contribution in [0, 0.1) is 11.3 Å². The van der Waals surface area contributed by atoms with Crippen molar-refractivity contribution in [3.05, 3.63) is 29.8 Å². The van der Waals surface area contributed by atoms with Gasteiger partial charge < -0.3 is 10.2 Å². The first-order valence-corrected chi connectivity index (χ1v) is 9.73. The number of hydrogen-bond acceptors (Lipinski definition) is 3. The zero-order chi connectivity index (χ0) is 19.4. The molecule has 0 aromatic heterocycles. The highest BCUT2D eigenvalue weighted by molar-refractivity contribution is 6.10. The Bertz CT molecular complexity index is 819. The van der Waals surface area contributed by atoms with Gasteiger partial charge in [0.05, 0.1) is 0 Å². The van der Waals surface area contributed by atoms with Gasteiger partial charge in [-0.1, -0.05) is 39.0 Å². The molecule has 2 atom stereocenters. The minimum absolute atomic E-state index is 0.0193. The largest absolute Gasteiger partial charge is 0.325 e. The molecule has 1 spiro atoms. The molecular weight excluding hydrogens is 342 g/mol. The maximum absolute atomic E-state index is 13.2. The molecule has 2 fully saturated rings. The molecule has 2 heterocycles. The lowest BCUT2D eigenvalue weighted by Gasteiger charge is -2.43. The van der Waals surface area contributed by atoms with E-state index in [1.807, 2.05) is 24.3 Å². The smallest absolute Gasteiger partial charge is 0.323 e. The van der Waals surface area contributed by atoms with Crippen LogP contribution in [0.5, 0.6) is 0 Å². The van der Waals surface area contributed by atoms with Gasteiger partial charge in [-0.05, 0) is 48.6 Å². The molecule has 1 aromatic rings. The summed E-state index contributed by atoms with van der Waals surface area (Å²) < 4.78 is 0. The fourth-order valence-electron chi connectivity index (χ4n) is 5.47. The van der Waals surface area contributed by atoms with Crippen molar-refractivity contribution in [3.8, 4) is 0 Å². The molecule has 2 aliphatic heterocycles. The van der Waals surface area contributed by atoms with Gasteiger partial charge in [0, 0.05) is 12.2 Å². The third-order valence-electron chi connectivity index (χ3n) is 6.11. The summed E-state index contributed by atoms with van der Waals surface area (Å²) in [6.07, 6.45) is 3.09. The van der Waals surface area contributed by atoms with E-state index < -0.39 is 11.6 Å². The van der Waals surface area contributed by atoms with Gasteiger partial charge in [0.2, 0.25) is 5.91 Å². The van der Waals surface area contributed by atoms with Crippen molar-refractivity contribution < 1.29 is 14.4 Å². The Morgan fingerprint density at radius 3 is 2.70 bits per heavy atom. The predicted octanol–water partition coefficient (Wildman–Crippen LogP) is 2.71. The number of amides is 4. The molecule has 3 aliphatic rings. The summed E-state index contributed by atoms with van der Waals surface area (Å²) in [5.74, 6) is -0.101. The van der Waals surface area contributed by atoms with Crippen molar-refractivity contribution in [2.24, 2.45) is 11.3 Å². The number of anilines is 1. The van der Waals surface area contributed by atoms with E-state index >= 15 is 0 Å². The van der Waals surface area contributed by atoms with E-state index in [1.54, 1.807) is 4.90 Å². The van der Waals surface area contributed by atoms with Crippen LogP contribution in [-0.2, 0) is 16.0 Å². The number of carbonyl (C=O) groups is 3. The Kier molecular flexibility index (Phi) is 4.05. The van der Waals surface area contributed by atoms with Gasteiger partial charge in [-0.25, -0.2) is 4.79 Å². The predicted molar refractivity (Wildman–Crippen MR) is 102 cm³/mol. The average molecular weight is 369 g/mol. The van der Waals surface area contributed by atoms with Crippen molar-refractivity contribution in [3.63, 3.8) is 0 Å². The van der Waals surface area contributed by atoms with Gasteiger partial charge >= 0.3 is 6.03 Å². The SMILES string of the molecule is CC1CC(C)(C)CC2(C1)NC(=O)N(CC(=O)N1CCc3ccccc31)C2=O. The van der Waals surface area contributed by atoms with E-state index in [4.69, 9.17) is 0 Å². The van der Waals surface area contributed by atoms with Gasteiger partial charge in [-0.3, -0.25) is 14.5 Å². The number of urea groups is 1. The number of para-hydroxylation sites is 1. The van der Waals surface area contributed by atoms with Crippen molar-refractivity contribution in [1.82, 2.24) is 10.2 Å². The summed E-state index contributed by atoms with van der Waals surface area (Å²) in [5, 5.41) is 2.94. The lowest BCUT2D eigenvalue weighted by Crippen LogP contribution is -2.54. The van der Waals surface area contributed by atoms with Gasteiger partial charge in [-0.2, -0.15) is 0 Å². The van der Waals surface area contributed by atoms with Gasteiger partial charge in [0.15, 0.2) is 0 Å². The maximum Gasteiger partial charge on any atom is 0.325 e. The van der Waals surface area contributed by atoms with Gasteiger partial charge in [0.25, 0.3) is 5.91 Å². The number of nitrogens with one attached hydrogen (secondary N) is 1. The number of nitrogens with zero attached hydrogens (tertiary/aromatic N) is 2. The minimum Gasteiger partial charge on any atom is -0.323 e. The zero-order valence-electron chi connectivity index (χ0n) is 16.2. The first-order chi connectivity index (χ1) is 12.7. The summed E-state index contributed by atoms with van der Waals surface area (Å²) in [6, 6.07) is 7.35. The molecular formula is C21H27N3O3. The first-order valence-electron chi connectivity index (χ1n) is 9.73. The van der Waals surface area contributed by atoms with Crippen LogP contribution in [-0.4, -0.2) is 41.4 Å². The summed E-state index contributed by atoms with van der Waals surface area (Å²) in [6.45, 7) is 6.79. The lowest BCUT2D eigenvalue weighted by molar-refractivity contribution is -0.137. The normalized spacial score (nSPS) is 29.2. The summed E-state index contributed by atoms with van der Waals surface area (Å²) in [7, 11) is 0. The van der Waals surface area contributed by atoms with Gasteiger partial charge in [-0.15, -0.1) is 0 Å². The van der Waals surface area contributed by atoms with E-state index in [-0.39, 0.29) is 23.8 Å². The quantitative estimate of drug-likeness (QED) is 0.815. The molecule has 27 heavy (non-hydrogen) atoms. The molecule has 1 aromatic carbocycles. The molecule has 2 unspecified atom stereocenters. The van der Waals surface area contributed by atoms with Crippen molar-refractivity contribution >= 4 is 23.5 Å². The number of imide groups is 1. The third kappa shape index (κ3) is 3.01. The van der Waals surface area contributed by atoms with Crippen molar-refractivity contribution in [2.75, 3.05) is 18.0 Å². The molecule has 1 N–H and O–H groups in total. The number of hydrogen-bond donors (Lipinski definition) is 1. The summed E-state index contributed by atoms with van der Waals surface area (Å²) in [4.78, 5) is 41.5. The standard InChI is InChI=1S/C21H27N3O3/c1-14-10-20(2,3)13-21(11-14)18(26)24(19(27)22-21)12-17(25)23-9-8-15-6-4-5-7-16(15)23/h4-7,14H,8-13H2,1-3H3,(H,22,27). The van der Waals surface area contributed by atoms with Crippen LogP contribution >= 0.6 is 0 Å². The molecule has 144 valence electrons. The topological polar surface area (TPSA) is 69.7 Å². The molecule has 4 amide bonds. The van der Waals surface area contributed by atoms with Crippen molar-refractivity contribution in [2.45, 2.75) is 52.0 Å².